The van der Waals surface area contributed by atoms with E-state index in [1.54, 1.807) is 10.6 Å². The quantitative estimate of drug-likeness (QED) is 0.911. The monoisotopic (exact) mass is 271 g/mol. The molecule has 0 aliphatic rings. The van der Waals surface area contributed by atoms with E-state index in [1.165, 1.54) is 6.07 Å². The lowest BCUT2D eigenvalue weighted by Gasteiger charge is -2.01. The number of nitrogens with zero attached hydrogens (tertiary/aromatic N) is 2. The molecule has 0 aliphatic heterocycles. The fraction of sp³-hybridized carbons (Fsp3) is 0.300. The van der Waals surface area contributed by atoms with Gasteiger partial charge < -0.3 is 5.73 Å². The molecule has 3 nitrogen and oxygen atoms in total. The number of rotatable bonds is 2. The van der Waals surface area contributed by atoms with Crippen molar-refractivity contribution in [3.8, 4) is 0 Å². The normalized spacial score (nSPS) is 11.2. The highest BCUT2D eigenvalue weighted by atomic mass is 79.9. The molecule has 0 unspecified atom stereocenters. The maximum absolute atomic E-state index is 13.6. The number of aromatic nitrogens is 2. The number of aryl methyl sites for hydroxylation is 1. The summed E-state index contributed by atoms with van der Waals surface area (Å²) in [5.41, 5.74) is 7.71. The minimum absolute atomic E-state index is 0.334. The summed E-state index contributed by atoms with van der Waals surface area (Å²) in [5.74, 6) is -0.334. The Morgan fingerprint density at radius 1 is 1.60 bits per heavy atom. The second kappa shape index (κ2) is 3.90. The van der Waals surface area contributed by atoms with Crippen molar-refractivity contribution in [3.63, 3.8) is 0 Å². The summed E-state index contributed by atoms with van der Waals surface area (Å²) >= 11 is 3.25. The van der Waals surface area contributed by atoms with Crippen LogP contribution in [0.1, 0.15) is 18.3 Å². The topological polar surface area (TPSA) is 43.3 Å². The Balaban J connectivity index is 2.82. The third-order valence-electron chi connectivity index (χ3n) is 2.35. The molecule has 0 bridgehead atoms. The third kappa shape index (κ3) is 1.66. The van der Waals surface area contributed by atoms with Gasteiger partial charge in [-0.2, -0.15) is 0 Å². The fourth-order valence-electron chi connectivity index (χ4n) is 1.67. The van der Waals surface area contributed by atoms with Crippen molar-refractivity contribution in [2.24, 2.45) is 5.73 Å². The van der Waals surface area contributed by atoms with Gasteiger partial charge in [0.1, 0.15) is 0 Å². The van der Waals surface area contributed by atoms with Crippen LogP contribution >= 0.6 is 15.9 Å². The zero-order valence-electron chi connectivity index (χ0n) is 8.30. The molecule has 2 heterocycles. The number of fused-ring (bicyclic) bond motifs is 1. The molecule has 0 amide bonds. The Bertz CT molecular complexity index is 507. The summed E-state index contributed by atoms with van der Waals surface area (Å²) in [5, 5.41) is 0. The highest BCUT2D eigenvalue weighted by Crippen LogP contribution is 2.20. The van der Waals surface area contributed by atoms with Crippen LogP contribution in [0, 0.1) is 5.82 Å². The van der Waals surface area contributed by atoms with Gasteiger partial charge >= 0.3 is 0 Å². The highest BCUT2D eigenvalue weighted by molar-refractivity contribution is 9.10. The van der Waals surface area contributed by atoms with Gasteiger partial charge in [-0.05, 0) is 28.4 Å². The molecule has 0 atom stereocenters. The van der Waals surface area contributed by atoms with Crippen molar-refractivity contribution in [2.75, 3.05) is 0 Å². The van der Waals surface area contributed by atoms with Gasteiger partial charge in [0.15, 0.2) is 11.5 Å². The van der Waals surface area contributed by atoms with Gasteiger partial charge in [0, 0.05) is 17.2 Å². The second-order valence-electron chi connectivity index (χ2n) is 3.26. The van der Waals surface area contributed by atoms with E-state index in [1.807, 2.05) is 6.92 Å². The molecule has 0 saturated heterocycles. The smallest absolute Gasteiger partial charge is 0.173 e. The molecule has 0 spiro atoms. The Labute approximate surface area is 95.2 Å². The summed E-state index contributed by atoms with van der Waals surface area (Å²) in [6, 6.07) is 1.40. The third-order valence-corrected chi connectivity index (χ3v) is 2.79. The van der Waals surface area contributed by atoms with E-state index in [9.17, 15) is 4.39 Å². The lowest BCUT2D eigenvalue weighted by molar-refractivity contribution is 0.628. The van der Waals surface area contributed by atoms with Crippen molar-refractivity contribution in [2.45, 2.75) is 19.9 Å². The van der Waals surface area contributed by atoms with E-state index in [0.29, 0.717) is 16.7 Å². The van der Waals surface area contributed by atoms with E-state index < -0.39 is 0 Å². The van der Waals surface area contributed by atoms with Crippen LogP contribution in [0.5, 0.6) is 0 Å². The summed E-state index contributed by atoms with van der Waals surface area (Å²) in [6.07, 6.45) is 2.54. The molecular formula is C10H11BrFN3. The zero-order chi connectivity index (χ0) is 11.0. The predicted octanol–water partition coefficient (Wildman–Crippen LogP) is 2.26. The van der Waals surface area contributed by atoms with Crippen molar-refractivity contribution in [1.82, 2.24) is 9.38 Å². The summed E-state index contributed by atoms with van der Waals surface area (Å²) in [7, 11) is 0. The van der Waals surface area contributed by atoms with Crippen LogP contribution in [-0.4, -0.2) is 9.38 Å². The van der Waals surface area contributed by atoms with Crippen molar-refractivity contribution in [3.05, 3.63) is 33.9 Å². The minimum Gasteiger partial charge on any atom is -0.325 e. The number of imidazole rings is 1. The van der Waals surface area contributed by atoms with Crippen molar-refractivity contribution >= 4 is 21.6 Å². The average Bonchev–Trinajstić information content (AvgIpc) is 2.55. The molecule has 2 rings (SSSR count). The van der Waals surface area contributed by atoms with Gasteiger partial charge in [-0.15, -0.1) is 0 Å². The fourth-order valence-corrected chi connectivity index (χ4v) is 2.07. The Hall–Kier alpha value is -0.940. The first-order valence-electron chi connectivity index (χ1n) is 4.72. The number of pyridine rings is 1. The first-order valence-corrected chi connectivity index (χ1v) is 5.51. The molecule has 2 aromatic heterocycles. The molecule has 0 saturated carbocycles. The van der Waals surface area contributed by atoms with Crippen LogP contribution in [0.3, 0.4) is 0 Å². The summed E-state index contributed by atoms with van der Waals surface area (Å²) in [4.78, 5) is 4.23. The number of hydrogen-bond donors (Lipinski definition) is 1. The summed E-state index contributed by atoms with van der Waals surface area (Å²) in [6.45, 7) is 2.34. The lowest BCUT2D eigenvalue weighted by Crippen LogP contribution is -2.04. The van der Waals surface area contributed by atoms with Crippen LogP contribution in [0.15, 0.2) is 16.7 Å². The zero-order valence-corrected chi connectivity index (χ0v) is 9.88. The van der Waals surface area contributed by atoms with Crippen LogP contribution in [0.4, 0.5) is 4.39 Å². The molecule has 2 N–H and O–H groups in total. The molecule has 0 aromatic carbocycles. The van der Waals surface area contributed by atoms with Gasteiger partial charge in [-0.1, -0.05) is 6.92 Å². The Morgan fingerprint density at radius 3 is 2.93 bits per heavy atom. The first kappa shape index (κ1) is 10.6. The second-order valence-corrected chi connectivity index (χ2v) is 4.18. The van der Waals surface area contributed by atoms with E-state index in [4.69, 9.17) is 5.73 Å². The van der Waals surface area contributed by atoms with E-state index in [-0.39, 0.29) is 5.82 Å². The van der Waals surface area contributed by atoms with Gasteiger partial charge in [0.05, 0.1) is 11.4 Å². The van der Waals surface area contributed by atoms with Crippen molar-refractivity contribution < 1.29 is 4.39 Å². The highest BCUT2D eigenvalue weighted by Gasteiger charge is 2.12. The van der Waals surface area contributed by atoms with Gasteiger partial charge in [0.25, 0.3) is 0 Å². The summed E-state index contributed by atoms with van der Waals surface area (Å²) < 4.78 is 15.9. The van der Waals surface area contributed by atoms with Gasteiger partial charge in [-0.25, -0.2) is 9.37 Å². The van der Waals surface area contributed by atoms with Crippen LogP contribution in [0.25, 0.3) is 5.65 Å². The van der Waals surface area contributed by atoms with Gasteiger partial charge in [-0.3, -0.25) is 4.40 Å². The van der Waals surface area contributed by atoms with Gasteiger partial charge in [0.2, 0.25) is 0 Å². The molecular weight excluding hydrogens is 261 g/mol. The molecule has 0 radical (unpaired) electrons. The molecule has 0 fully saturated rings. The standard InChI is InChI=1S/C10H11BrFN3/c1-2-8-9(4-13)15-5-6(11)3-7(12)10(15)14-8/h3,5H,2,4,13H2,1H3. The maximum Gasteiger partial charge on any atom is 0.173 e. The Kier molecular flexibility index (Phi) is 2.75. The largest absolute Gasteiger partial charge is 0.325 e. The van der Waals surface area contributed by atoms with Crippen LogP contribution in [-0.2, 0) is 13.0 Å². The van der Waals surface area contributed by atoms with Crippen LogP contribution in [0.2, 0.25) is 0 Å². The predicted molar refractivity (Wildman–Crippen MR) is 60.1 cm³/mol. The molecule has 15 heavy (non-hydrogen) atoms. The lowest BCUT2D eigenvalue weighted by atomic mass is 10.2. The van der Waals surface area contributed by atoms with E-state index in [0.717, 1.165) is 17.8 Å². The number of nitrogens with two attached hydrogens (primary N) is 1. The minimum atomic E-state index is -0.334. The van der Waals surface area contributed by atoms with E-state index in [2.05, 4.69) is 20.9 Å². The Morgan fingerprint density at radius 2 is 2.33 bits per heavy atom. The average molecular weight is 272 g/mol. The number of hydrogen-bond acceptors (Lipinski definition) is 2. The maximum atomic E-state index is 13.6. The first-order chi connectivity index (χ1) is 7.17. The molecule has 2 aromatic rings. The van der Waals surface area contributed by atoms with E-state index >= 15 is 0 Å². The molecule has 0 aliphatic carbocycles. The molecule has 80 valence electrons. The number of halogens is 2. The SMILES string of the molecule is CCc1nc2c(F)cc(Br)cn2c1CN. The molecule has 5 heteroatoms. The van der Waals surface area contributed by atoms with Crippen LogP contribution < -0.4 is 5.73 Å². The van der Waals surface area contributed by atoms with Crippen molar-refractivity contribution in [1.29, 1.82) is 0 Å².